The lowest BCUT2D eigenvalue weighted by atomic mass is 10.0. The van der Waals surface area contributed by atoms with Crippen LogP contribution in [0.1, 0.15) is 28.8 Å². The maximum Gasteiger partial charge on any atom is 0.251 e. The van der Waals surface area contributed by atoms with E-state index in [1.807, 2.05) is 0 Å². The van der Waals surface area contributed by atoms with E-state index in [1.165, 1.54) is 12.1 Å². The van der Waals surface area contributed by atoms with Gasteiger partial charge in [0.25, 0.3) is 5.91 Å². The molecule has 2 aromatic rings. The van der Waals surface area contributed by atoms with Crippen molar-refractivity contribution in [2.45, 2.75) is 25.4 Å². The second-order valence-corrected chi connectivity index (χ2v) is 6.82. The summed E-state index contributed by atoms with van der Waals surface area (Å²) in [6.45, 7) is 2.31. The third-order valence-electron chi connectivity index (χ3n) is 4.40. The van der Waals surface area contributed by atoms with Gasteiger partial charge in [-0.05, 0) is 55.3 Å². The molecule has 1 aliphatic heterocycles. The van der Waals surface area contributed by atoms with Gasteiger partial charge in [-0.3, -0.25) is 9.69 Å². The van der Waals surface area contributed by atoms with Gasteiger partial charge in [0, 0.05) is 35.4 Å². The van der Waals surface area contributed by atoms with Crippen molar-refractivity contribution < 1.29 is 9.18 Å². The van der Waals surface area contributed by atoms with Crippen LogP contribution in [0.15, 0.2) is 42.5 Å². The Balaban J connectivity index is 0.00000182. The van der Waals surface area contributed by atoms with Crippen LogP contribution in [0.4, 0.5) is 10.1 Å². The summed E-state index contributed by atoms with van der Waals surface area (Å²) < 4.78 is 13.2. The van der Waals surface area contributed by atoms with Crippen molar-refractivity contribution in [3.8, 4) is 0 Å². The summed E-state index contributed by atoms with van der Waals surface area (Å²) in [6, 6.07) is 11.5. The Morgan fingerprint density at radius 3 is 2.74 bits per heavy atom. The number of halogens is 4. The van der Waals surface area contributed by atoms with Gasteiger partial charge in [-0.15, -0.1) is 24.8 Å². The minimum Gasteiger partial charge on any atom is -0.399 e. The number of rotatable bonds is 4. The first-order valence-corrected chi connectivity index (χ1v) is 8.72. The predicted molar refractivity (Wildman–Crippen MR) is 113 cm³/mol. The molecule has 0 aromatic heterocycles. The number of nitrogens with one attached hydrogen (secondary N) is 1. The summed E-state index contributed by atoms with van der Waals surface area (Å²) in [5.74, 6) is -0.446. The molecule has 1 unspecified atom stereocenters. The number of hydrogen-bond acceptors (Lipinski definition) is 3. The zero-order chi connectivity index (χ0) is 17.8. The van der Waals surface area contributed by atoms with Crippen LogP contribution in [-0.4, -0.2) is 29.9 Å². The molecule has 3 rings (SSSR count). The van der Waals surface area contributed by atoms with E-state index in [4.69, 9.17) is 17.3 Å². The minimum atomic E-state index is -0.334. The Hall–Kier alpha value is -1.53. The first kappa shape index (κ1) is 23.5. The number of amides is 1. The minimum absolute atomic E-state index is 0. The molecule has 27 heavy (non-hydrogen) atoms. The Morgan fingerprint density at radius 2 is 2.04 bits per heavy atom. The van der Waals surface area contributed by atoms with Gasteiger partial charge in [0.15, 0.2) is 0 Å². The summed E-state index contributed by atoms with van der Waals surface area (Å²) in [5, 5.41) is 3.51. The van der Waals surface area contributed by atoms with Crippen molar-refractivity contribution in [1.29, 1.82) is 0 Å². The van der Waals surface area contributed by atoms with Crippen LogP contribution in [0.25, 0.3) is 0 Å². The summed E-state index contributed by atoms with van der Waals surface area (Å²) in [4.78, 5) is 14.6. The van der Waals surface area contributed by atoms with Crippen LogP contribution in [0.2, 0.25) is 5.02 Å². The van der Waals surface area contributed by atoms with Gasteiger partial charge >= 0.3 is 0 Å². The van der Waals surface area contributed by atoms with E-state index in [9.17, 15) is 9.18 Å². The number of carbonyl (C=O) groups is 1. The normalized spacial score (nSPS) is 16.7. The van der Waals surface area contributed by atoms with Gasteiger partial charge in [-0.1, -0.05) is 23.7 Å². The fourth-order valence-electron chi connectivity index (χ4n) is 3.16. The molecule has 0 spiro atoms. The largest absolute Gasteiger partial charge is 0.399 e. The van der Waals surface area contributed by atoms with Gasteiger partial charge in [0.05, 0.1) is 0 Å². The van der Waals surface area contributed by atoms with Gasteiger partial charge in [0.2, 0.25) is 0 Å². The maximum atomic E-state index is 13.2. The van der Waals surface area contributed by atoms with Crippen LogP contribution >= 0.6 is 36.4 Å². The van der Waals surface area contributed by atoms with E-state index in [0.29, 0.717) is 22.8 Å². The smallest absolute Gasteiger partial charge is 0.251 e. The fraction of sp³-hybridized carbons (Fsp3) is 0.316. The molecule has 8 heteroatoms. The van der Waals surface area contributed by atoms with E-state index < -0.39 is 0 Å². The Bertz CT molecular complexity index is 776. The molecule has 0 radical (unpaired) electrons. The lowest BCUT2D eigenvalue weighted by Gasteiger charge is -2.33. The first-order chi connectivity index (χ1) is 12.0. The lowest BCUT2D eigenvalue weighted by Crippen LogP contribution is -2.47. The molecular formula is C19H23Cl3FN3O. The number of hydrogen-bond donors (Lipinski definition) is 2. The van der Waals surface area contributed by atoms with E-state index in [-0.39, 0.29) is 42.6 Å². The molecule has 1 atom stereocenters. The van der Waals surface area contributed by atoms with Crippen molar-refractivity contribution in [3.05, 3.63) is 64.4 Å². The molecule has 1 aliphatic rings. The number of anilines is 1. The van der Waals surface area contributed by atoms with Gasteiger partial charge in [0.1, 0.15) is 5.82 Å². The number of benzene rings is 2. The van der Waals surface area contributed by atoms with Crippen LogP contribution in [0, 0.1) is 5.82 Å². The first-order valence-electron chi connectivity index (χ1n) is 8.34. The Labute approximate surface area is 176 Å². The van der Waals surface area contributed by atoms with Gasteiger partial charge in [-0.25, -0.2) is 4.39 Å². The molecule has 4 nitrogen and oxygen atoms in total. The Kier molecular flexibility index (Phi) is 9.33. The van der Waals surface area contributed by atoms with Crippen LogP contribution in [0.3, 0.4) is 0 Å². The Morgan fingerprint density at radius 1 is 1.26 bits per heavy atom. The highest BCUT2D eigenvalue weighted by Gasteiger charge is 2.22. The van der Waals surface area contributed by atoms with Crippen LogP contribution in [0.5, 0.6) is 0 Å². The quantitative estimate of drug-likeness (QED) is 0.705. The molecular weight excluding hydrogens is 412 g/mol. The maximum absolute atomic E-state index is 13.2. The van der Waals surface area contributed by atoms with Gasteiger partial charge < -0.3 is 11.1 Å². The number of nitrogens with two attached hydrogens (primary N) is 1. The predicted octanol–water partition coefficient (Wildman–Crippen LogP) is 4.30. The van der Waals surface area contributed by atoms with Crippen molar-refractivity contribution >= 4 is 48.0 Å². The summed E-state index contributed by atoms with van der Waals surface area (Å²) in [6.07, 6.45) is 1.92. The second-order valence-electron chi connectivity index (χ2n) is 6.41. The SMILES string of the molecule is Cl.Cl.Nc1cccc(C(=O)NC2CCCN(Cc3ccc(F)cc3Cl)C2)c1. The average Bonchev–Trinajstić information content (AvgIpc) is 2.58. The number of nitrogen functional groups attached to an aromatic ring is 1. The third-order valence-corrected chi connectivity index (χ3v) is 4.75. The molecule has 3 N–H and O–H groups in total. The molecule has 1 saturated heterocycles. The van der Waals surface area contributed by atoms with Crippen LogP contribution < -0.4 is 11.1 Å². The summed E-state index contributed by atoms with van der Waals surface area (Å²) in [7, 11) is 0. The lowest BCUT2D eigenvalue weighted by molar-refractivity contribution is 0.0901. The van der Waals surface area contributed by atoms with E-state index in [2.05, 4.69) is 10.2 Å². The van der Waals surface area contributed by atoms with Crippen molar-refractivity contribution in [3.63, 3.8) is 0 Å². The van der Waals surface area contributed by atoms with Crippen LogP contribution in [-0.2, 0) is 6.54 Å². The molecule has 1 fully saturated rings. The average molecular weight is 435 g/mol. The highest BCUT2D eigenvalue weighted by atomic mass is 35.5. The molecule has 148 valence electrons. The summed E-state index contributed by atoms with van der Waals surface area (Å²) in [5.41, 5.74) is 7.77. The molecule has 1 heterocycles. The van der Waals surface area contributed by atoms with Crippen molar-refractivity contribution in [2.75, 3.05) is 18.8 Å². The molecule has 0 bridgehead atoms. The van der Waals surface area contributed by atoms with E-state index >= 15 is 0 Å². The molecule has 0 aliphatic carbocycles. The number of likely N-dealkylation sites (tertiary alicyclic amines) is 1. The van der Waals surface area contributed by atoms with E-state index in [0.717, 1.165) is 31.5 Å². The van der Waals surface area contributed by atoms with Crippen molar-refractivity contribution in [1.82, 2.24) is 10.2 Å². The number of piperidine rings is 1. The van der Waals surface area contributed by atoms with Crippen molar-refractivity contribution in [2.24, 2.45) is 0 Å². The molecule has 1 amide bonds. The second kappa shape index (κ2) is 10.7. The highest BCUT2D eigenvalue weighted by Crippen LogP contribution is 2.21. The van der Waals surface area contributed by atoms with E-state index in [1.54, 1.807) is 30.3 Å². The monoisotopic (exact) mass is 433 g/mol. The molecule has 0 saturated carbocycles. The zero-order valence-electron chi connectivity index (χ0n) is 14.7. The summed E-state index contributed by atoms with van der Waals surface area (Å²) >= 11 is 6.12. The third kappa shape index (κ3) is 6.54. The molecule has 2 aromatic carbocycles. The highest BCUT2D eigenvalue weighted by molar-refractivity contribution is 6.31. The zero-order valence-corrected chi connectivity index (χ0v) is 17.0. The fourth-order valence-corrected chi connectivity index (χ4v) is 3.38. The van der Waals surface area contributed by atoms with Gasteiger partial charge in [-0.2, -0.15) is 0 Å². The number of nitrogens with zero attached hydrogens (tertiary/aromatic N) is 1. The topological polar surface area (TPSA) is 58.4 Å². The standard InChI is InChI=1S/C19H21ClFN3O.2ClH/c20-18-10-15(21)7-6-14(18)11-24-8-2-5-17(12-24)23-19(25)13-3-1-4-16(22)9-13;;/h1,3-4,6-7,9-10,17H,2,5,8,11-12,22H2,(H,23,25);2*1H. The number of carbonyl (C=O) groups excluding carboxylic acids is 1.